The highest BCUT2D eigenvalue weighted by atomic mass is 16.5. The molecule has 2 aromatic rings. The zero-order valence-electron chi connectivity index (χ0n) is 11.5. The first-order chi connectivity index (χ1) is 9.06. The van der Waals surface area contributed by atoms with E-state index in [2.05, 4.69) is 4.98 Å². The van der Waals surface area contributed by atoms with Crippen LogP contribution in [0.25, 0.3) is 0 Å². The Kier molecular flexibility index (Phi) is 4.17. The molecule has 1 heterocycles. The van der Waals surface area contributed by atoms with Gasteiger partial charge in [0.05, 0.1) is 11.8 Å². The Morgan fingerprint density at radius 2 is 1.84 bits per heavy atom. The van der Waals surface area contributed by atoms with Crippen LogP contribution < -0.4 is 4.74 Å². The summed E-state index contributed by atoms with van der Waals surface area (Å²) in [5.74, 6) is 0.763. The van der Waals surface area contributed by atoms with Crippen molar-refractivity contribution in [2.75, 3.05) is 0 Å². The van der Waals surface area contributed by atoms with Crippen molar-refractivity contribution in [3.63, 3.8) is 0 Å². The minimum absolute atomic E-state index is 0.115. The lowest BCUT2D eigenvalue weighted by atomic mass is 10.1. The average Bonchev–Trinajstić information content (AvgIpc) is 2.37. The van der Waals surface area contributed by atoms with Gasteiger partial charge in [-0.15, -0.1) is 0 Å². The lowest BCUT2D eigenvalue weighted by molar-refractivity contribution is 0.212. The molecule has 2 rings (SSSR count). The molecule has 1 aromatic heterocycles. The molecule has 0 aliphatic heterocycles. The standard InChI is InChI=1S/C16H19NO2/c1-11(2)19-14-8-5-7-13(10-14)16(18)15-9-4-6-12(3)17-15/h4-11,16,18H,1-3H3. The van der Waals surface area contributed by atoms with E-state index in [4.69, 9.17) is 4.74 Å². The van der Waals surface area contributed by atoms with Crippen LogP contribution in [0.5, 0.6) is 5.75 Å². The van der Waals surface area contributed by atoms with Crippen LogP contribution in [0.4, 0.5) is 0 Å². The van der Waals surface area contributed by atoms with Gasteiger partial charge in [-0.25, -0.2) is 0 Å². The van der Waals surface area contributed by atoms with E-state index in [-0.39, 0.29) is 6.10 Å². The second kappa shape index (κ2) is 5.85. The summed E-state index contributed by atoms with van der Waals surface area (Å²) < 4.78 is 5.63. The van der Waals surface area contributed by atoms with E-state index in [1.54, 1.807) is 0 Å². The third-order valence-electron chi connectivity index (χ3n) is 2.74. The van der Waals surface area contributed by atoms with Gasteiger partial charge in [0.15, 0.2) is 0 Å². The van der Waals surface area contributed by atoms with E-state index in [0.717, 1.165) is 17.0 Å². The van der Waals surface area contributed by atoms with E-state index >= 15 is 0 Å². The molecule has 1 unspecified atom stereocenters. The Labute approximate surface area is 113 Å². The fourth-order valence-electron chi connectivity index (χ4n) is 1.92. The van der Waals surface area contributed by atoms with Crippen LogP contribution in [0.2, 0.25) is 0 Å². The lowest BCUT2D eigenvalue weighted by Crippen LogP contribution is -2.07. The molecule has 0 spiro atoms. The molecule has 0 radical (unpaired) electrons. The first kappa shape index (κ1) is 13.6. The molecule has 3 heteroatoms. The molecule has 0 fully saturated rings. The van der Waals surface area contributed by atoms with Crippen LogP contribution in [0.15, 0.2) is 42.5 Å². The topological polar surface area (TPSA) is 42.4 Å². The van der Waals surface area contributed by atoms with Gasteiger partial charge in [-0.1, -0.05) is 18.2 Å². The number of rotatable bonds is 4. The highest BCUT2D eigenvalue weighted by Crippen LogP contribution is 2.24. The Bertz CT molecular complexity index is 552. The van der Waals surface area contributed by atoms with E-state index in [1.807, 2.05) is 63.2 Å². The zero-order valence-corrected chi connectivity index (χ0v) is 11.5. The monoisotopic (exact) mass is 257 g/mol. The molecule has 0 bridgehead atoms. The summed E-state index contributed by atoms with van der Waals surface area (Å²) in [7, 11) is 0. The number of hydrogen-bond donors (Lipinski definition) is 1. The lowest BCUT2D eigenvalue weighted by Gasteiger charge is -2.14. The third kappa shape index (κ3) is 3.55. The highest BCUT2D eigenvalue weighted by Gasteiger charge is 2.12. The maximum Gasteiger partial charge on any atom is 0.121 e. The molecule has 0 saturated carbocycles. The predicted octanol–water partition coefficient (Wildman–Crippen LogP) is 3.26. The van der Waals surface area contributed by atoms with Crippen LogP contribution in [-0.4, -0.2) is 16.2 Å². The van der Waals surface area contributed by atoms with E-state index in [0.29, 0.717) is 5.69 Å². The van der Waals surface area contributed by atoms with Crippen LogP contribution in [-0.2, 0) is 0 Å². The molecule has 0 amide bonds. The largest absolute Gasteiger partial charge is 0.491 e. The van der Waals surface area contributed by atoms with Gasteiger partial charge in [0.25, 0.3) is 0 Å². The normalized spacial score (nSPS) is 12.5. The minimum atomic E-state index is -0.726. The summed E-state index contributed by atoms with van der Waals surface area (Å²) in [6.07, 6.45) is -0.611. The van der Waals surface area contributed by atoms with Crippen molar-refractivity contribution in [3.8, 4) is 5.75 Å². The summed E-state index contributed by atoms with van der Waals surface area (Å²) in [4.78, 5) is 4.35. The number of benzene rings is 1. The van der Waals surface area contributed by atoms with E-state index in [1.165, 1.54) is 0 Å². The molecule has 3 nitrogen and oxygen atoms in total. The van der Waals surface area contributed by atoms with Crippen LogP contribution in [0, 0.1) is 6.92 Å². The molecular weight excluding hydrogens is 238 g/mol. The van der Waals surface area contributed by atoms with Crippen molar-refractivity contribution in [3.05, 3.63) is 59.4 Å². The SMILES string of the molecule is Cc1cccc(C(O)c2cccc(OC(C)C)c2)n1. The number of aliphatic hydroxyl groups excluding tert-OH is 1. The molecule has 1 aromatic carbocycles. The van der Waals surface area contributed by atoms with Gasteiger partial charge in [0.1, 0.15) is 11.9 Å². The minimum Gasteiger partial charge on any atom is -0.491 e. The second-order valence-electron chi connectivity index (χ2n) is 4.85. The maximum absolute atomic E-state index is 10.4. The van der Waals surface area contributed by atoms with E-state index < -0.39 is 6.10 Å². The van der Waals surface area contributed by atoms with Crippen molar-refractivity contribution in [1.82, 2.24) is 4.98 Å². The number of aryl methyl sites for hydroxylation is 1. The summed E-state index contributed by atoms with van der Waals surface area (Å²) in [6, 6.07) is 13.1. The Morgan fingerprint density at radius 1 is 1.11 bits per heavy atom. The predicted molar refractivity (Wildman–Crippen MR) is 75.2 cm³/mol. The van der Waals surface area contributed by atoms with Crippen LogP contribution in [0.3, 0.4) is 0 Å². The molecule has 0 saturated heterocycles. The average molecular weight is 257 g/mol. The Balaban J connectivity index is 2.26. The fourth-order valence-corrected chi connectivity index (χ4v) is 1.92. The maximum atomic E-state index is 10.4. The number of hydrogen-bond acceptors (Lipinski definition) is 3. The van der Waals surface area contributed by atoms with Crippen molar-refractivity contribution in [2.24, 2.45) is 0 Å². The van der Waals surface area contributed by atoms with Crippen LogP contribution >= 0.6 is 0 Å². The first-order valence-corrected chi connectivity index (χ1v) is 6.44. The Morgan fingerprint density at radius 3 is 2.53 bits per heavy atom. The molecule has 0 aliphatic rings. The molecular formula is C16H19NO2. The van der Waals surface area contributed by atoms with Gasteiger partial charge in [-0.3, -0.25) is 4.98 Å². The van der Waals surface area contributed by atoms with Gasteiger partial charge >= 0.3 is 0 Å². The van der Waals surface area contributed by atoms with Crippen molar-refractivity contribution < 1.29 is 9.84 Å². The van der Waals surface area contributed by atoms with Crippen molar-refractivity contribution in [2.45, 2.75) is 33.0 Å². The van der Waals surface area contributed by atoms with Gasteiger partial charge < -0.3 is 9.84 Å². The quantitative estimate of drug-likeness (QED) is 0.914. The van der Waals surface area contributed by atoms with E-state index in [9.17, 15) is 5.11 Å². The summed E-state index contributed by atoms with van der Waals surface area (Å²) in [5.41, 5.74) is 2.34. The van der Waals surface area contributed by atoms with Crippen LogP contribution in [0.1, 0.15) is 36.9 Å². The fraction of sp³-hybridized carbons (Fsp3) is 0.312. The summed E-state index contributed by atoms with van der Waals surface area (Å²) in [6.45, 7) is 5.87. The summed E-state index contributed by atoms with van der Waals surface area (Å²) in [5, 5.41) is 10.4. The number of nitrogens with zero attached hydrogens (tertiary/aromatic N) is 1. The smallest absolute Gasteiger partial charge is 0.121 e. The molecule has 1 N–H and O–H groups in total. The third-order valence-corrected chi connectivity index (χ3v) is 2.74. The number of aliphatic hydroxyl groups is 1. The van der Waals surface area contributed by atoms with Gasteiger partial charge in [-0.05, 0) is 50.6 Å². The van der Waals surface area contributed by atoms with Crippen molar-refractivity contribution >= 4 is 0 Å². The molecule has 19 heavy (non-hydrogen) atoms. The molecule has 1 atom stereocenters. The molecule has 100 valence electrons. The number of ether oxygens (including phenoxy) is 1. The Hall–Kier alpha value is -1.87. The molecule has 0 aliphatic carbocycles. The zero-order chi connectivity index (χ0) is 13.8. The van der Waals surface area contributed by atoms with Crippen molar-refractivity contribution in [1.29, 1.82) is 0 Å². The number of pyridine rings is 1. The second-order valence-corrected chi connectivity index (χ2v) is 4.85. The number of aromatic nitrogens is 1. The van der Waals surface area contributed by atoms with Gasteiger partial charge in [-0.2, -0.15) is 0 Å². The summed E-state index contributed by atoms with van der Waals surface area (Å²) >= 11 is 0. The van der Waals surface area contributed by atoms with Gasteiger partial charge in [0.2, 0.25) is 0 Å². The van der Waals surface area contributed by atoms with Gasteiger partial charge in [0, 0.05) is 5.69 Å². The first-order valence-electron chi connectivity index (χ1n) is 6.44. The highest BCUT2D eigenvalue weighted by molar-refractivity contribution is 5.33.